The minimum Gasteiger partial charge on any atom is -0.351 e. The van der Waals surface area contributed by atoms with Gasteiger partial charge < -0.3 is 5.32 Å². The van der Waals surface area contributed by atoms with E-state index in [-0.39, 0.29) is 17.2 Å². The average molecular weight is 462 g/mol. The average Bonchev–Trinajstić information content (AvgIpc) is 3.48. The van der Waals surface area contributed by atoms with Crippen molar-refractivity contribution >= 4 is 45.0 Å². The summed E-state index contributed by atoms with van der Waals surface area (Å²) in [7, 11) is 0. The Morgan fingerprint density at radius 2 is 1.69 bits per heavy atom. The number of nitrogens with zero attached hydrogens (tertiary/aromatic N) is 4. The Balaban J connectivity index is 1.42. The van der Waals surface area contributed by atoms with Crippen LogP contribution in [0, 0.1) is 0 Å². The number of carbonyl (C=O) groups excluding carboxylic acids is 1. The van der Waals surface area contributed by atoms with Gasteiger partial charge in [-0.05, 0) is 22.6 Å². The lowest BCUT2D eigenvalue weighted by Crippen LogP contribution is -2.25. The van der Waals surface area contributed by atoms with Crippen molar-refractivity contribution in [3.05, 3.63) is 93.6 Å². The molecule has 1 amide bonds. The van der Waals surface area contributed by atoms with Crippen molar-refractivity contribution in [2.24, 2.45) is 0 Å². The Morgan fingerprint density at radius 1 is 0.969 bits per heavy atom. The minimum absolute atomic E-state index is 0.0871. The number of thiophene rings is 1. The van der Waals surface area contributed by atoms with Crippen LogP contribution in [0.1, 0.15) is 11.1 Å². The largest absolute Gasteiger partial charge is 0.351 e. The molecule has 5 rings (SSSR count). The Hall–Kier alpha value is -3.43. The SMILES string of the molecule is O=C(CSc1nnc2n(Cc3ccccc3)c(=O)c3sccc3n12)NCc1ccccc1. The van der Waals surface area contributed by atoms with Gasteiger partial charge in [-0.2, -0.15) is 0 Å². The highest BCUT2D eigenvalue weighted by Gasteiger charge is 2.18. The molecule has 160 valence electrons. The van der Waals surface area contributed by atoms with Crippen molar-refractivity contribution < 1.29 is 4.79 Å². The highest BCUT2D eigenvalue weighted by molar-refractivity contribution is 7.99. The molecular weight excluding hydrogens is 442 g/mol. The fourth-order valence-corrected chi connectivity index (χ4v) is 5.07. The second-order valence-corrected chi connectivity index (χ2v) is 9.04. The second kappa shape index (κ2) is 8.97. The lowest BCUT2D eigenvalue weighted by molar-refractivity contribution is -0.118. The van der Waals surface area contributed by atoms with Crippen LogP contribution in [0.3, 0.4) is 0 Å². The van der Waals surface area contributed by atoms with E-state index in [2.05, 4.69) is 15.5 Å². The van der Waals surface area contributed by atoms with Crippen LogP contribution in [0.15, 0.2) is 82.1 Å². The van der Waals surface area contributed by atoms with E-state index in [0.29, 0.717) is 28.7 Å². The summed E-state index contributed by atoms with van der Waals surface area (Å²) in [4.78, 5) is 25.5. The van der Waals surface area contributed by atoms with E-state index in [9.17, 15) is 9.59 Å². The van der Waals surface area contributed by atoms with E-state index in [1.165, 1.54) is 23.1 Å². The van der Waals surface area contributed by atoms with Crippen LogP contribution >= 0.6 is 23.1 Å². The van der Waals surface area contributed by atoms with E-state index < -0.39 is 0 Å². The first kappa shape index (κ1) is 20.5. The predicted octanol–water partition coefficient (Wildman–Crippen LogP) is 3.56. The van der Waals surface area contributed by atoms with Gasteiger partial charge in [0.2, 0.25) is 11.7 Å². The number of rotatable bonds is 7. The van der Waals surface area contributed by atoms with Crippen LogP contribution < -0.4 is 10.9 Å². The molecular formula is C23H19N5O2S2. The van der Waals surface area contributed by atoms with Crippen LogP contribution in [0.4, 0.5) is 0 Å². The molecule has 2 aromatic carbocycles. The molecule has 0 aliphatic heterocycles. The van der Waals surface area contributed by atoms with Gasteiger partial charge in [0.1, 0.15) is 4.70 Å². The van der Waals surface area contributed by atoms with E-state index in [1.807, 2.05) is 76.5 Å². The zero-order chi connectivity index (χ0) is 21.9. The van der Waals surface area contributed by atoms with Crippen LogP contribution in [0.2, 0.25) is 0 Å². The molecule has 3 heterocycles. The first-order chi connectivity index (χ1) is 15.7. The Morgan fingerprint density at radius 3 is 2.44 bits per heavy atom. The zero-order valence-corrected chi connectivity index (χ0v) is 18.6. The fourth-order valence-electron chi connectivity index (χ4n) is 3.48. The number of hydrogen-bond donors (Lipinski definition) is 1. The van der Waals surface area contributed by atoms with Crippen molar-refractivity contribution in [1.29, 1.82) is 0 Å². The van der Waals surface area contributed by atoms with Gasteiger partial charge in [-0.25, -0.2) is 0 Å². The number of carbonyl (C=O) groups is 1. The normalized spacial score (nSPS) is 11.2. The molecule has 0 radical (unpaired) electrons. The molecule has 0 aliphatic rings. The van der Waals surface area contributed by atoms with E-state index in [0.717, 1.165) is 16.6 Å². The number of hydrogen-bond acceptors (Lipinski definition) is 6. The second-order valence-electron chi connectivity index (χ2n) is 7.18. The summed E-state index contributed by atoms with van der Waals surface area (Å²) in [5.74, 6) is 0.587. The van der Waals surface area contributed by atoms with Crippen molar-refractivity contribution in [1.82, 2.24) is 24.5 Å². The van der Waals surface area contributed by atoms with Gasteiger partial charge in [0.25, 0.3) is 5.56 Å². The summed E-state index contributed by atoms with van der Waals surface area (Å²) < 4.78 is 4.15. The molecule has 9 heteroatoms. The molecule has 0 unspecified atom stereocenters. The first-order valence-corrected chi connectivity index (χ1v) is 11.9. The summed E-state index contributed by atoms with van der Waals surface area (Å²) in [5, 5.41) is 14.0. The third-order valence-corrected chi connectivity index (χ3v) is 6.85. The molecule has 0 saturated heterocycles. The van der Waals surface area contributed by atoms with E-state index in [4.69, 9.17) is 0 Å². The molecule has 1 N–H and O–H groups in total. The standard InChI is InChI=1S/C23H19N5O2S2/c29-19(24-13-16-7-3-1-4-8-16)15-32-23-26-25-22-27(14-17-9-5-2-6-10-17)21(30)20-18(28(22)23)11-12-31-20/h1-12H,13-15H2,(H,24,29). The summed E-state index contributed by atoms with van der Waals surface area (Å²) in [6, 6.07) is 21.5. The van der Waals surface area contributed by atoms with Gasteiger partial charge in [0.15, 0.2) is 5.16 Å². The monoisotopic (exact) mass is 461 g/mol. The van der Waals surface area contributed by atoms with Gasteiger partial charge in [-0.15, -0.1) is 21.5 Å². The lowest BCUT2D eigenvalue weighted by Gasteiger charge is -2.09. The summed E-state index contributed by atoms with van der Waals surface area (Å²) in [5.41, 5.74) is 2.72. The third-order valence-electron chi connectivity index (χ3n) is 5.03. The number of benzene rings is 2. The number of aromatic nitrogens is 4. The zero-order valence-electron chi connectivity index (χ0n) is 17.0. The molecule has 3 aromatic heterocycles. The molecule has 0 spiro atoms. The number of fused-ring (bicyclic) bond motifs is 3. The fraction of sp³-hybridized carbons (Fsp3) is 0.130. The topological polar surface area (TPSA) is 81.3 Å². The summed E-state index contributed by atoms with van der Waals surface area (Å²) in [6.07, 6.45) is 0. The van der Waals surface area contributed by atoms with Gasteiger partial charge in [0, 0.05) is 6.54 Å². The highest BCUT2D eigenvalue weighted by Crippen LogP contribution is 2.24. The van der Waals surface area contributed by atoms with Gasteiger partial charge in [-0.1, -0.05) is 72.4 Å². The maximum absolute atomic E-state index is 13.1. The van der Waals surface area contributed by atoms with Crippen LogP contribution in [0.25, 0.3) is 16.0 Å². The number of nitrogens with one attached hydrogen (secondary N) is 1. The van der Waals surface area contributed by atoms with E-state index in [1.54, 1.807) is 4.57 Å². The molecule has 0 fully saturated rings. The highest BCUT2D eigenvalue weighted by atomic mass is 32.2. The van der Waals surface area contributed by atoms with Crippen molar-refractivity contribution in [3.63, 3.8) is 0 Å². The number of thioether (sulfide) groups is 1. The minimum atomic E-state index is -0.0882. The van der Waals surface area contributed by atoms with Gasteiger partial charge in [-0.3, -0.25) is 18.6 Å². The van der Waals surface area contributed by atoms with Crippen molar-refractivity contribution in [2.45, 2.75) is 18.2 Å². The Kier molecular flexibility index (Phi) is 5.74. The Bertz CT molecular complexity index is 1440. The van der Waals surface area contributed by atoms with Crippen LogP contribution in [0.5, 0.6) is 0 Å². The molecule has 0 atom stereocenters. The lowest BCUT2D eigenvalue weighted by atomic mass is 10.2. The van der Waals surface area contributed by atoms with E-state index >= 15 is 0 Å². The first-order valence-electron chi connectivity index (χ1n) is 10.0. The van der Waals surface area contributed by atoms with Gasteiger partial charge in [0.05, 0.1) is 17.8 Å². The van der Waals surface area contributed by atoms with Crippen molar-refractivity contribution in [3.8, 4) is 0 Å². The molecule has 5 aromatic rings. The summed E-state index contributed by atoms with van der Waals surface area (Å²) in [6.45, 7) is 0.879. The number of amides is 1. The molecule has 0 saturated carbocycles. The molecule has 0 aliphatic carbocycles. The van der Waals surface area contributed by atoms with Crippen LogP contribution in [-0.4, -0.2) is 30.8 Å². The van der Waals surface area contributed by atoms with Crippen LogP contribution in [-0.2, 0) is 17.9 Å². The predicted molar refractivity (Wildman–Crippen MR) is 127 cm³/mol. The smallest absolute Gasteiger partial charge is 0.273 e. The third kappa shape index (κ3) is 4.04. The Labute approximate surface area is 191 Å². The maximum atomic E-state index is 13.1. The molecule has 0 bridgehead atoms. The van der Waals surface area contributed by atoms with Gasteiger partial charge >= 0.3 is 0 Å². The molecule has 7 nitrogen and oxygen atoms in total. The van der Waals surface area contributed by atoms with Crippen molar-refractivity contribution in [2.75, 3.05) is 5.75 Å². The quantitative estimate of drug-likeness (QED) is 0.375. The molecule has 32 heavy (non-hydrogen) atoms. The maximum Gasteiger partial charge on any atom is 0.273 e. The summed E-state index contributed by atoms with van der Waals surface area (Å²) >= 11 is 2.70.